The van der Waals surface area contributed by atoms with Gasteiger partial charge in [0.05, 0.1) is 22.1 Å². The zero-order valence-electron chi connectivity index (χ0n) is 27.6. The van der Waals surface area contributed by atoms with Gasteiger partial charge >= 0.3 is 0 Å². The zero-order chi connectivity index (χ0) is 33.5. The Bertz CT molecular complexity index is 3120. The maximum Gasteiger partial charge on any atom is 0.0547 e. The van der Waals surface area contributed by atoms with Gasteiger partial charge in [-0.25, -0.2) is 0 Å². The van der Waals surface area contributed by atoms with Gasteiger partial charge in [0.2, 0.25) is 0 Å². The van der Waals surface area contributed by atoms with Gasteiger partial charge in [0.1, 0.15) is 0 Å². The second-order valence-electron chi connectivity index (χ2n) is 13.4. The first-order valence-corrected chi connectivity index (χ1v) is 18.2. The maximum atomic E-state index is 2.45. The summed E-state index contributed by atoms with van der Waals surface area (Å²) in [5, 5.41) is 7.70. The number of aromatic nitrogens is 2. The summed E-state index contributed by atoms with van der Waals surface area (Å²) in [6.45, 7) is 0. The van der Waals surface area contributed by atoms with Crippen molar-refractivity contribution in [1.82, 2.24) is 9.13 Å². The van der Waals surface area contributed by atoms with Crippen LogP contribution < -0.4 is 0 Å². The van der Waals surface area contributed by atoms with Crippen LogP contribution in [0.4, 0.5) is 0 Å². The molecule has 0 atom stereocenters. The number of para-hydroxylation sites is 2. The fourth-order valence-corrected chi connectivity index (χ4v) is 9.28. The van der Waals surface area contributed by atoms with E-state index in [4.69, 9.17) is 0 Å². The summed E-state index contributed by atoms with van der Waals surface area (Å²) in [5.41, 5.74) is 12.0. The molecule has 0 N–H and O–H groups in total. The summed E-state index contributed by atoms with van der Waals surface area (Å²) in [6.07, 6.45) is 0. The Morgan fingerprint density at radius 1 is 0.275 bits per heavy atom. The van der Waals surface area contributed by atoms with Crippen molar-refractivity contribution in [2.24, 2.45) is 0 Å². The highest BCUT2D eigenvalue weighted by Crippen LogP contribution is 2.40. The van der Waals surface area contributed by atoms with Crippen molar-refractivity contribution >= 4 is 75.1 Å². The molecule has 0 fully saturated rings. The molecule has 3 aromatic heterocycles. The van der Waals surface area contributed by atoms with Crippen LogP contribution in [0.15, 0.2) is 182 Å². The second kappa shape index (κ2) is 11.0. The van der Waals surface area contributed by atoms with E-state index in [2.05, 4.69) is 191 Å². The van der Waals surface area contributed by atoms with Gasteiger partial charge in [-0.15, -0.1) is 11.3 Å². The predicted octanol–water partition coefficient (Wildman–Crippen LogP) is 13.6. The van der Waals surface area contributed by atoms with Crippen LogP contribution in [0.1, 0.15) is 0 Å². The van der Waals surface area contributed by atoms with Crippen molar-refractivity contribution in [2.45, 2.75) is 0 Å². The van der Waals surface area contributed by atoms with E-state index in [-0.39, 0.29) is 0 Å². The number of nitrogens with zero attached hydrogens (tertiary/aromatic N) is 2. The predicted molar refractivity (Wildman–Crippen MR) is 219 cm³/mol. The van der Waals surface area contributed by atoms with E-state index in [0.717, 1.165) is 5.69 Å². The first kappa shape index (κ1) is 28.4. The van der Waals surface area contributed by atoms with Crippen LogP contribution in [-0.4, -0.2) is 9.13 Å². The first-order chi connectivity index (χ1) is 25.3. The van der Waals surface area contributed by atoms with Crippen LogP contribution in [0.3, 0.4) is 0 Å². The largest absolute Gasteiger partial charge is 0.309 e. The number of fused-ring (bicyclic) bond motifs is 9. The second-order valence-corrected chi connectivity index (χ2v) is 14.4. The third kappa shape index (κ3) is 4.35. The lowest BCUT2D eigenvalue weighted by molar-refractivity contribution is 1.18. The Hall–Kier alpha value is -6.42. The van der Waals surface area contributed by atoms with E-state index in [1.807, 2.05) is 11.3 Å². The smallest absolute Gasteiger partial charge is 0.0547 e. The number of hydrogen-bond donors (Lipinski definition) is 0. The normalized spacial score (nSPS) is 11.9. The molecule has 8 aromatic carbocycles. The fourth-order valence-electron chi connectivity index (χ4n) is 8.14. The summed E-state index contributed by atoms with van der Waals surface area (Å²) in [7, 11) is 0. The topological polar surface area (TPSA) is 9.86 Å². The summed E-state index contributed by atoms with van der Waals surface area (Å²) >= 11 is 1.87. The van der Waals surface area contributed by atoms with E-state index in [1.54, 1.807) is 0 Å². The van der Waals surface area contributed by atoms with E-state index in [9.17, 15) is 0 Å². The molecule has 2 nitrogen and oxygen atoms in total. The fraction of sp³-hybridized carbons (Fsp3) is 0. The van der Waals surface area contributed by atoms with Crippen LogP contribution >= 0.6 is 11.3 Å². The monoisotopic (exact) mass is 666 g/mol. The molecule has 0 saturated carbocycles. The van der Waals surface area contributed by atoms with Crippen molar-refractivity contribution in [2.75, 3.05) is 0 Å². The highest BCUT2D eigenvalue weighted by atomic mass is 32.1. The first-order valence-electron chi connectivity index (χ1n) is 17.4. The van der Waals surface area contributed by atoms with E-state index < -0.39 is 0 Å². The van der Waals surface area contributed by atoms with Gasteiger partial charge in [-0.3, -0.25) is 0 Å². The van der Waals surface area contributed by atoms with Crippen LogP contribution in [0.2, 0.25) is 0 Å². The molecule has 3 heteroatoms. The molecule has 3 heterocycles. The number of rotatable bonds is 4. The molecular formula is C48H30N2S. The SMILES string of the molecule is c1ccc(-c2ccc(-n3c4ccccc4c4ccc(-c5ccc6c7ccccc7n(-c7ccc8c(c7)sc7ccccc78)c6c5)cc43)cc2)cc1. The number of benzene rings is 8. The van der Waals surface area contributed by atoms with Crippen molar-refractivity contribution in [3.8, 4) is 33.6 Å². The van der Waals surface area contributed by atoms with Gasteiger partial charge < -0.3 is 9.13 Å². The number of hydrogen-bond acceptors (Lipinski definition) is 1. The van der Waals surface area contributed by atoms with E-state index in [1.165, 1.54) is 91.7 Å². The average molecular weight is 667 g/mol. The molecule has 51 heavy (non-hydrogen) atoms. The summed E-state index contributed by atoms with van der Waals surface area (Å²) in [5.74, 6) is 0. The number of thiophene rings is 1. The molecule has 0 radical (unpaired) electrons. The molecule has 238 valence electrons. The lowest BCUT2D eigenvalue weighted by Crippen LogP contribution is -1.94. The Morgan fingerprint density at radius 2 is 0.725 bits per heavy atom. The van der Waals surface area contributed by atoms with E-state index >= 15 is 0 Å². The van der Waals surface area contributed by atoms with Gasteiger partial charge in [-0.1, -0.05) is 127 Å². The average Bonchev–Trinajstić information content (AvgIpc) is 3.85. The van der Waals surface area contributed by atoms with Gasteiger partial charge in [-0.2, -0.15) is 0 Å². The molecule has 11 rings (SSSR count). The molecule has 0 unspecified atom stereocenters. The minimum absolute atomic E-state index is 1.16. The quantitative estimate of drug-likeness (QED) is 0.177. The Morgan fingerprint density at radius 3 is 1.39 bits per heavy atom. The highest BCUT2D eigenvalue weighted by Gasteiger charge is 2.17. The zero-order valence-corrected chi connectivity index (χ0v) is 28.4. The molecule has 11 aromatic rings. The summed E-state index contributed by atoms with van der Waals surface area (Å²) < 4.78 is 7.50. The van der Waals surface area contributed by atoms with Gasteiger partial charge in [-0.05, 0) is 76.9 Å². The molecule has 0 aliphatic carbocycles. The Labute approximate surface area is 298 Å². The summed E-state index contributed by atoms with van der Waals surface area (Å²) in [6, 6.07) is 66.7. The lowest BCUT2D eigenvalue weighted by atomic mass is 10.0. The van der Waals surface area contributed by atoms with Crippen LogP contribution in [0.25, 0.3) is 97.4 Å². The molecule has 0 spiro atoms. The molecule has 0 saturated heterocycles. The lowest BCUT2D eigenvalue weighted by Gasteiger charge is -2.11. The van der Waals surface area contributed by atoms with Crippen LogP contribution in [-0.2, 0) is 0 Å². The molecular weight excluding hydrogens is 637 g/mol. The van der Waals surface area contributed by atoms with Crippen molar-refractivity contribution < 1.29 is 0 Å². The van der Waals surface area contributed by atoms with Gasteiger partial charge in [0, 0.05) is 53.1 Å². The van der Waals surface area contributed by atoms with Crippen molar-refractivity contribution in [1.29, 1.82) is 0 Å². The maximum absolute atomic E-state index is 2.45. The van der Waals surface area contributed by atoms with Crippen molar-refractivity contribution in [3.63, 3.8) is 0 Å². The summed E-state index contributed by atoms with van der Waals surface area (Å²) in [4.78, 5) is 0. The van der Waals surface area contributed by atoms with Gasteiger partial charge in [0.25, 0.3) is 0 Å². The highest BCUT2D eigenvalue weighted by molar-refractivity contribution is 7.25. The molecule has 0 bridgehead atoms. The van der Waals surface area contributed by atoms with Crippen LogP contribution in [0.5, 0.6) is 0 Å². The third-order valence-corrected chi connectivity index (χ3v) is 11.7. The van der Waals surface area contributed by atoms with E-state index in [0.29, 0.717) is 0 Å². The van der Waals surface area contributed by atoms with Crippen molar-refractivity contribution in [3.05, 3.63) is 182 Å². The van der Waals surface area contributed by atoms with Crippen LogP contribution in [0, 0.1) is 0 Å². The minimum Gasteiger partial charge on any atom is -0.309 e. The molecule has 0 aliphatic heterocycles. The van der Waals surface area contributed by atoms with Gasteiger partial charge in [0.15, 0.2) is 0 Å². The molecule has 0 aliphatic rings. The third-order valence-electron chi connectivity index (χ3n) is 10.5. The standard InChI is InChI=1S/C48H30N2S/c1-2-10-31(11-3-1)32-18-22-35(23-19-32)49-43-15-7-4-12-37(43)39-25-20-33(28-45(39)49)34-21-26-40-38-13-5-8-16-44(38)50(46(40)29-34)36-24-27-42-41-14-6-9-17-47(41)51-48(42)30-36/h1-30H. The molecule has 0 amide bonds. The minimum atomic E-state index is 1.16. The Kier molecular flexibility index (Phi) is 6.16. The Balaban J connectivity index is 1.10.